The third-order valence-electron chi connectivity index (χ3n) is 3.69. The number of hydrogen-bond donors (Lipinski definition) is 1. The molecule has 2 aromatic carbocycles. The Morgan fingerprint density at radius 1 is 1.17 bits per heavy atom. The van der Waals surface area contributed by atoms with Gasteiger partial charge in [0.15, 0.2) is 5.69 Å². The number of hydrogen-bond acceptors (Lipinski definition) is 4. The third-order valence-corrected chi connectivity index (χ3v) is 3.69. The van der Waals surface area contributed by atoms with Gasteiger partial charge in [-0.25, -0.2) is 4.68 Å². The summed E-state index contributed by atoms with van der Waals surface area (Å²) < 4.78 is 1.63. The number of carbonyl (C=O) groups is 1. The van der Waals surface area contributed by atoms with Crippen molar-refractivity contribution in [3.63, 3.8) is 0 Å². The smallest absolute Gasteiger partial charge is 0.269 e. The number of amides is 1. The molecule has 0 saturated carbocycles. The highest BCUT2D eigenvalue weighted by Gasteiger charge is 2.22. The Labute approximate surface area is 130 Å². The van der Waals surface area contributed by atoms with E-state index in [2.05, 4.69) is 21.7 Å². The van der Waals surface area contributed by atoms with Gasteiger partial charge in [-0.15, -0.1) is 0 Å². The van der Waals surface area contributed by atoms with Crippen LogP contribution in [0.2, 0.25) is 0 Å². The van der Waals surface area contributed by atoms with Crippen molar-refractivity contribution >= 4 is 28.7 Å². The Balaban J connectivity index is 2.05. The molecule has 3 aromatic rings. The van der Waals surface area contributed by atoms with Crippen LogP contribution in [0.15, 0.2) is 41.5 Å². The Bertz CT molecular complexity index is 1020. The highest BCUT2D eigenvalue weighted by molar-refractivity contribution is 6.11. The lowest BCUT2D eigenvalue weighted by Crippen LogP contribution is -2.12. The molecule has 109 valence electrons. The first-order valence-corrected chi connectivity index (χ1v) is 6.79. The van der Waals surface area contributed by atoms with Crippen LogP contribution in [0.4, 0.5) is 5.69 Å². The number of primary amides is 1. The zero-order valence-electron chi connectivity index (χ0n) is 11.8. The molecule has 0 saturated heterocycles. The van der Waals surface area contributed by atoms with Crippen molar-refractivity contribution in [3.05, 3.63) is 53.2 Å². The van der Waals surface area contributed by atoms with E-state index in [-0.39, 0.29) is 5.69 Å². The van der Waals surface area contributed by atoms with E-state index >= 15 is 0 Å². The Hall–Kier alpha value is -3.66. The topological polar surface area (TPSA) is 111 Å². The molecule has 7 nitrogen and oxygen atoms in total. The lowest BCUT2D eigenvalue weighted by Gasteiger charge is -2.05. The van der Waals surface area contributed by atoms with Crippen LogP contribution in [0.1, 0.15) is 21.6 Å². The lowest BCUT2D eigenvalue weighted by molar-refractivity contribution is 0.0996. The molecule has 1 radical (unpaired) electrons. The maximum Gasteiger partial charge on any atom is 0.269 e. The van der Waals surface area contributed by atoms with Crippen molar-refractivity contribution in [2.24, 2.45) is 10.8 Å². The Morgan fingerprint density at radius 3 is 2.65 bits per heavy atom. The van der Waals surface area contributed by atoms with Crippen molar-refractivity contribution < 1.29 is 4.79 Å². The SMILES string of the molecule is N#Cc1ccc(-n2nc(C(N)=O)c3ccc4c(c32)C=N[N]4)cc1. The van der Waals surface area contributed by atoms with Gasteiger partial charge in [-0.05, 0) is 36.4 Å². The minimum atomic E-state index is -0.603. The summed E-state index contributed by atoms with van der Waals surface area (Å²) >= 11 is 0. The average molecular weight is 301 g/mol. The van der Waals surface area contributed by atoms with Gasteiger partial charge in [-0.3, -0.25) is 4.79 Å². The van der Waals surface area contributed by atoms with Crippen molar-refractivity contribution in [1.82, 2.24) is 15.2 Å². The molecule has 0 fully saturated rings. The second-order valence-corrected chi connectivity index (χ2v) is 5.02. The quantitative estimate of drug-likeness (QED) is 0.775. The van der Waals surface area contributed by atoms with Gasteiger partial charge in [-0.1, -0.05) is 0 Å². The van der Waals surface area contributed by atoms with Crippen molar-refractivity contribution in [2.45, 2.75) is 0 Å². The molecular weight excluding hydrogens is 292 g/mol. The first kappa shape index (κ1) is 13.0. The minimum Gasteiger partial charge on any atom is -0.364 e. The molecule has 1 aliphatic rings. The van der Waals surface area contributed by atoms with E-state index < -0.39 is 5.91 Å². The summed E-state index contributed by atoms with van der Waals surface area (Å²) in [7, 11) is 0. The zero-order valence-corrected chi connectivity index (χ0v) is 11.8. The van der Waals surface area contributed by atoms with E-state index in [9.17, 15) is 4.79 Å². The number of nitrogens with two attached hydrogens (primary N) is 1. The predicted octanol–water partition coefficient (Wildman–Crippen LogP) is 1.58. The van der Waals surface area contributed by atoms with Gasteiger partial charge >= 0.3 is 0 Å². The molecule has 0 aliphatic carbocycles. The van der Waals surface area contributed by atoms with Crippen LogP contribution in [0.3, 0.4) is 0 Å². The molecule has 1 aliphatic heterocycles. The predicted molar refractivity (Wildman–Crippen MR) is 83.7 cm³/mol. The summed E-state index contributed by atoms with van der Waals surface area (Å²) in [6.45, 7) is 0. The fourth-order valence-corrected chi connectivity index (χ4v) is 2.63. The number of benzene rings is 2. The van der Waals surface area contributed by atoms with Crippen LogP contribution in [-0.4, -0.2) is 21.9 Å². The molecule has 4 rings (SSSR count). The molecule has 0 atom stereocenters. The monoisotopic (exact) mass is 301 g/mol. The number of rotatable bonds is 2. The number of carbonyl (C=O) groups excluding carboxylic acids is 1. The fourth-order valence-electron chi connectivity index (χ4n) is 2.63. The van der Waals surface area contributed by atoms with Crippen molar-refractivity contribution in [2.75, 3.05) is 0 Å². The standard InChI is InChI=1S/C16H9N6O/c17-7-9-1-3-10(4-2-9)22-15-11(14(21-22)16(18)23)5-6-13-12(15)8-19-20-13/h1-6,8H,(H2,18,23). The molecule has 2 N–H and O–H groups in total. The largest absolute Gasteiger partial charge is 0.364 e. The molecule has 0 bridgehead atoms. The van der Waals surface area contributed by atoms with Crippen LogP contribution in [-0.2, 0) is 0 Å². The van der Waals surface area contributed by atoms with E-state index in [0.29, 0.717) is 22.2 Å². The van der Waals surface area contributed by atoms with Gasteiger partial charge in [0.2, 0.25) is 0 Å². The molecule has 2 heterocycles. The number of fused-ring (bicyclic) bond motifs is 3. The van der Waals surface area contributed by atoms with Crippen LogP contribution < -0.4 is 11.2 Å². The number of nitrogens with zero attached hydrogens (tertiary/aromatic N) is 5. The molecule has 23 heavy (non-hydrogen) atoms. The Morgan fingerprint density at radius 2 is 1.96 bits per heavy atom. The molecule has 1 amide bonds. The van der Waals surface area contributed by atoms with Crippen LogP contribution in [0.25, 0.3) is 16.6 Å². The minimum absolute atomic E-state index is 0.187. The molecule has 0 unspecified atom stereocenters. The van der Waals surface area contributed by atoms with E-state index in [1.807, 2.05) is 0 Å². The summed E-state index contributed by atoms with van der Waals surface area (Å²) in [5.74, 6) is -0.603. The highest BCUT2D eigenvalue weighted by Crippen LogP contribution is 2.31. The third kappa shape index (κ3) is 1.86. The number of aromatic nitrogens is 2. The lowest BCUT2D eigenvalue weighted by atomic mass is 10.1. The summed E-state index contributed by atoms with van der Waals surface area (Å²) in [6.07, 6.45) is 1.63. The van der Waals surface area contributed by atoms with Gasteiger partial charge in [0.05, 0.1) is 34.7 Å². The highest BCUT2D eigenvalue weighted by atomic mass is 16.1. The van der Waals surface area contributed by atoms with Crippen LogP contribution in [0, 0.1) is 11.3 Å². The Kier molecular flexibility index (Phi) is 2.65. The summed E-state index contributed by atoms with van der Waals surface area (Å²) in [4.78, 5) is 11.7. The van der Waals surface area contributed by atoms with Crippen LogP contribution in [0.5, 0.6) is 0 Å². The summed E-state index contributed by atoms with van der Waals surface area (Å²) in [5, 5.41) is 17.8. The zero-order chi connectivity index (χ0) is 16.0. The van der Waals surface area contributed by atoms with Crippen molar-refractivity contribution in [3.8, 4) is 11.8 Å². The second kappa shape index (κ2) is 4.68. The maximum absolute atomic E-state index is 11.7. The summed E-state index contributed by atoms with van der Waals surface area (Å²) in [5.41, 5.74) is 13.1. The normalized spacial score (nSPS) is 12.0. The number of nitriles is 1. The van der Waals surface area contributed by atoms with E-state index in [0.717, 1.165) is 11.3 Å². The maximum atomic E-state index is 11.7. The first-order valence-electron chi connectivity index (χ1n) is 6.79. The van der Waals surface area contributed by atoms with Gasteiger partial charge in [0, 0.05) is 10.9 Å². The van der Waals surface area contributed by atoms with Gasteiger partial charge in [0.25, 0.3) is 5.91 Å². The first-order chi connectivity index (χ1) is 11.2. The fraction of sp³-hybridized carbons (Fsp3) is 0. The average Bonchev–Trinajstić information content (AvgIpc) is 3.18. The van der Waals surface area contributed by atoms with Gasteiger partial charge in [-0.2, -0.15) is 20.9 Å². The van der Waals surface area contributed by atoms with E-state index in [1.165, 1.54) is 0 Å². The van der Waals surface area contributed by atoms with Gasteiger partial charge < -0.3 is 5.73 Å². The second-order valence-electron chi connectivity index (χ2n) is 5.02. The van der Waals surface area contributed by atoms with E-state index in [1.54, 1.807) is 47.3 Å². The van der Waals surface area contributed by atoms with Crippen LogP contribution >= 0.6 is 0 Å². The van der Waals surface area contributed by atoms with Crippen molar-refractivity contribution in [1.29, 1.82) is 5.26 Å². The molecule has 1 aromatic heterocycles. The molecular formula is C16H9N6O. The summed E-state index contributed by atoms with van der Waals surface area (Å²) in [6, 6.07) is 12.5. The molecule has 0 spiro atoms. The van der Waals surface area contributed by atoms with E-state index in [4.69, 9.17) is 11.0 Å². The molecule has 7 heteroatoms. The van der Waals surface area contributed by atoms with Gasteiger partial charge in [0.1, 0.15) is 0 Å².